The third-order valence-corrected chi connectivity index (χ3v) is 6.35. The molecule has 1 fully saturated rings. The third-order valence-electron chi connectivity index (χ3n) is 4.97. The Morgan fingerprint density at radius 2 is 1.64 bits per heavy atom. The number of sulfonamides is 1. The molecule has 0 bridgehead atoms. The van der Waals surface area contributed by atoms with Gasteiger partial charge in [-0.2, -0.15) is 0 Å². The second kappa shape index (κ2) is 7.93. The summed E-state index contributed by atoms with van der Waals surface area (Å²) in [6.07, 6.45) is -0.0387. The number of benzene rings is 2. The molecule has 0 saturated carbocycles. The van der Waals surface area contributed by atoms with Crippen LogP contribution >= 0.6 is 0 Å². The van der Waals surface area contributed by atoms with Crippen LogP contribution < -0.4 is 4.72 Å². The number of anilines is 1. The Labute approximate surface area is 166 Å². The van der Waals surface area contributed by atoms with Crippen molar-refractivity contribution in [2.75, 3.05) is 17.8 Å². The number of rotatable bonds is 4. The lowest BCUT2D eigenvalue weighted by atomic mass is 10.1. The normalized spacial score (nSPS) is 20.1. The van der Waals surface area contributed by atoms with Gasteiger partial charge in [-0.1, -0.05) is 12.1 Å². The van der Waals surface area contributed by atoms with Gasteiger partial charge in [-0.25, -0.2) is 8.42 Å². The summed E-state index contributed by atoms with van der Waals surface area (Å²) in [5.74, 6) is -0.117. The van der Waals surface area contributed by atoms with E-state index in [1.807, 2.05) is 39.8 Å². The largest absolute Gasteiger partial charge is 0.372 e. The average Bonchev–Trinajstić information content (AvgIpc) is 2.64. The van der Waals surface area contributed by atoms with Gasteiger partial charge in [0.1, 0.15) is 0 Å². The van der Waals surface area contributed by atoms with Crippen LogP contribution in [0.4, 0.5) is 5.69 Å². The fourth-order valence-corrected chi connectivity index (χ4v) is 4.49. The van der Waals surface area contributed by atoms with Crippen molar-refractivity contribution in [2.45, 2.75) is 44.8 Å². The smallest absolute Gasteiger partial charge is 0.261 e. The molecular formula is C21H26N2O4S. The maximum atomic E-state index is 12.7. The van der Waals surface area contributed by atoms with E-state index in [2.05, 4.69) is 4.72 Å². The first-order valence-electron chi connectivity index (χ1n) is 9.31. The number of nitrogens with one attached hydrogen (secondary N) is 1. The SMILES string of the molecule is Cc1cccc(NS(=O)(=O)c2ccc(C(=O)N3C[C@@H](C)O[C@@H](C)C3)cc2)c1C. The lowest BCUT2D eigenvalue weighted by molar-refractivity contribution is -0.0586. The Morgan fingerprint density at radius 1 is 1.04 bits per heavy atom. The van der Waals surface area contributed by atoms with E-state index in [1.165, 1.54) is 12.1 Å². The average molecular weight is 403 g/mol. The molecule has 0 aromatic heterocycles. The van der Waals surface area contributed by atoms with E-state index in [1.54, 1.807) is 23.1 Å². The number of carbonyl (C=O) groups excluding carboxylic acids is 1. The molecule has 1 N–H and O–H groups in total. The van der Waals surface area contributed by atoms with E-state index >= 15 is 0 Å². The second-order valence-corrected chi connectivity index (χ2v) is 9.03. The molecule has 28 heavy (non-hydrogen) atoms. The number of aryl methyl sites for hydroxylation is 1. The molecule has 0 spiro atoms. The molecule has 1 heterocycles. The van der Waals surface area contributed by atoms with Crippen LogP contribution in [0.1, 0.15) is 35.3 Å². The second-order valence-electron chi connectivity index (χ2n) is 7.34. The number of carbonyl (C=O) groups is 1. The number of amides is 1. The Bertz CT molecular complexity index is 960. The van der Waals surface area contributed by atoms with Crippen molar-refractivity contribution in [3.8, 4) is 0 Å². The molecule has 1 amide bonds. The van der Waals surface area contributed by atoms with Gasteiger partial charge in [-0.3, -0.25) is 9.52 Å². The molecule has 1 aliphatic heterocycles. The molecule has 7 heteroatoms. The van der Waals surface area contributed by atoms with E-state index in [9.17, 15) is 13.2 Å². The van der Waals surface area contributed by atoms with E-state index in [4.69, 9.17) is 4.74 Å². The predicted octanol–water partition coefficient (Wildman–Crippen LogP) is 3.35. The van der Waals surface area contributed by atoms with Gasteiger partial charge in [0.25, 0.3) is 15.9 Å². The summed E-state index contributed by atoms with van der Waals surface area (Å²) in [5, 5.41) is 0. The van der Waals surface area contributed by atoms with Crippen LogP contribution in [0.5, 0.6) is 0 Å². The zero-order chi connectivity index (χ0) is 20.5. The fourth-order valence-electron chi connectivity index (χ4n) is 3.37. The third kappa shape index (κ3) is 4.36. The highest BCUT2D eigenvalue weighted by molar-refractivity contribution is 7.92. The Kier molecular flexibility index (Phi) is 5.76. The summed E-state index contributed by atoms with van der Waals surface area (Å²) in [5.41, 5.74) is 2.91. The van der Waals surface area contributed by atoms with Gasteiger partial charge in [0.05, 0.1) is 22.8 Å². The van der Waals surface area contributed by atoms with Gasteiger partial charge in [0.15, 0.2) is 0 Å². The number of hydrogen-bond acceptors (Lipinski definition) is 4. The summed E-state index contributed by atoms with van der Waals surface area (Å²) >= 11 is 0. The number of hydrogen-bond donors (Lipinski definition) is 1. The highest BCUT2D eigenvalue weighted by Gasteiger charge is 2.27. The molecular weight excluding hydrogens is 376 g/mol. The minimum absolute atomic E-state index is 0.0193. The quantitative estimate of drug-likeness (QED) is 0.851. The zero-order valence-electron chi connectivity index (χ0n) is 16.6. The minimum Gasteiger partial charge on any atom is -0.372 e. The van der Waals surface area contributed by atoms with E-state index in [-0.39, 0.29) is 23.0 Å². The molecule has 2 aromatic carbocycles. The lowest BCUT2D eigenvalue weighted by Gasteiger charge is -2.35. The summed E-state index contributed by atoms with van der Waals surface area (Å²) in [4.78, 5) is 14.6. The molecule has 2 atom stereocenters. The van der Waals surface area contributed by atoms with Crippen molar-refractivity contribution in [1.29, 1.82) is 0 Å². The highest BCUT2D eigenvalue weighted by atomic mass is 32.2. The van der Waals surface area contributed by atoms with Crippen molar-refractivity contribution < 1.29 is 17.9 Å². The van der Waals surface area contributed by atoms with Crippen LogP contribution in [-0.4, -0.2) is 44.5 Å². The monoisotopic (exact) mass is 402 g/mol. The van der Waals surface area contributed by atoms with E-state index in [0.717, 1.165) is 11.1 Å². The first-order valence-corrected chi connectivity index (χ1v) is 10.8. The van der Waals surface area contributed by atoms with Gasteiger partial charge in [0, 0.05) is 18.7 Å². The molecule has 1 aliphatic rings. The molecule has 0 unspecified atom stereocenters. The van der Waals surface area contributed by atoms with E-state index < -0.39 is 10.0 Å². The van der Waals surface area contributed by atoms with Crippen molar-refractivity contribution in [3.63, 3.8) is 0 Å². The predicted molar refractivity (Wildman–Crippen MR) is 109 cm³/mol. The number of morpholine rings is 1. The minimum atomic E-state index is -3.73. The van der Waals surface area contributed by atoms with Crippen LogP contribution in [0.15, 0.2) is 47.4 Å². The van der Waals surface area contributed by atoms with Crippen molar-refractivity contribution in [1.82, 2.24) is 4.90 Å². The first-order chi connectivity index (χ1) is 13.2. The highest BCUT2D eigenvalue weighted by Crippen LogP contribution is 2.23. The van der Waals surface area contributed by atoms with Gasteiger partial charge < -0.3 is 9.64 Å². The molecule has 0 radical (unpaired) electrons. The van der Waals surface area contributed by atoms with Gasteiger partial charge in [0.2, 0.25) is 0 Å². The lowest BCUT2D eigenvalue weighted by Crippen LogP contribution is -2.48. The summed E-state index contributed by atoms with van der Waals surface area (Å²) < 4.78 is 33.7. The standard InChI is InChI=1S/C21H26N2O4S/c1-14-6-5-7-20(17(14)4)22-28(25,26)19-10-8-18(9-11-19)21(24)23-12-15(2)27-16(3)13-23/h5-11,15-16,22H,12-13H2,1-4H3/t15-,16+. The number of nitrogens with zero attached hydrogens (tertiary/aromatic N) is 1. The Balaban J connectivity index is 1.78. The van der Waals surface area contributed by atoms with Crippen molar-refractivity contribution in [2.24, 2.45) is 0 Å². The van der Waals surface area contributed by atoms with Crippen molar-refractivity contribution >= 4 is 21.6 Å². The number of ether oxygens (including phenoxy) is 1. The molecule has 3 rings (SSSR count). The maximum absolute atomic E-state index is 12.7. The Hall–Kier alpha value is -2.38. The van der Waals surface area contributed by atoms with Gasteiger partial charge >= 0.3 is 0 Å². The fraction of sp³-hybridized carbons (Fsp3) is 0.381. The Morgan fingerprint density at radius 3 is 2.25 bits per heavy atom. The van der Waals surface area contributed by atoms with Gasteiger partial charge in [-0.15, -0.1) is 0 Å². The molecule has 6 nitrogen and oxygen atoms in total. The van der Waals surface area contributed by atoms with Crippen molar-refractivity contribution in [3.05, 3.63) is 59.2 Å². The summed E-state index contributed by atoms with van der Waals surface area (Å²) in [6.45, 7) is 8.73. The topological polar surface area (TPSA) is 75.7 Å². The maximum Gasteiger partial charge on any atom is 0.261 e. The summed E-state index contributed by atoms with van der Waals surface area (Å²) in [7, 11) is -3.73. The molecule has 150 valence electrons. The molecule has 2 aromatic rings. The van der Waals surface area contributed by atoms with Crippen LogP contribution in [0.25, 0.3) is 0 Å². The molecule has 1 saturated heterocycles. The zero-order valence-corrected chi connectivity index (χ0v) is 17.4. The van der Waals surface area contributed by atoms with Crippen LogP contribution in [0, 0.1) is 13.8 Å². The van der Waals surface area contributed by atoms with E-state index in [0.29, 0.717) is 24.3 Å². The van der Waals surface area contributed by atoms with Crippen LogP contribution in [-0.2, 0) is 14.8 Å². The van der Waals surface area contributed by atoms with Gasteiger partial charge in [-0.05, 0) is 69.2 Å². The summed E-state index contributed by atoms with van der Waals surface area (Å²) in [6, 6.07) is 11.5. The molecule has 0 aliphatic carbocycles. The van der Waals surface area contributed by atoms with Crippen LogP contribution in [0.2, 0.25) is 0 Å². The van der Waals surface area contributed by atoms with Crippen LogP contribution in [0.3, 0.4) is 0 Å². The first kappa shape index (κ1) is 20.4.